The third-order valence-corrected chi connectivity index (χ3v) is 3.60. The molecule has 0 amide bonds. The van der Waals surface area contributed by atoms with Gasteiger partial charge >= 0.3 is 0 Å². The molecule has 110 valence electrons. The van der Waals surface area contributed by atoms with Crippen molar-refractivity contribution in [1.29, 1.82) is 0 Å². The molecule has 0 bridgehead atoms. The van der Waals surface area contributed by atoms with Gasteiger partial charge in [0, 0.05) is 25.8 Å². The van der Waals surface area contributed by atoms with Crippen molar-refractivity contribution in [2.45, 2.75) is 12.6 Å². The number of hydrogen-bond acceptors (Lipinski definition) is 6. The van der Waals surface area contributed by atoms with Gasteiger partial charge in [-0.05, 0) is 23.0 Å². The van der Waals surface area contributed by atoms with Crippen molar-refractivity contribution < 1.29 is 4.52 Å². The third kappa shape index (κ3) is 3.38. The maximum atomic E-state index is 5.29. The number of piperazine rings is 1. The topological polar surface area (TPSA) is 72.0 Å². The van der Waals surface area contributed by atoms with E-state index in [9.17, 15) is 0 Å². The van der Waals surface area contributed by atoms with Crippen LogP contribution in [-0.4, -0.2) is 51.5 Å². The molecule has 7 nitrogen and oxygen atoms in total. The van der Waals surface area contributed by atoms with E-state index >= 15 is 0 Å². The molecule has 1 aliphatic heterocycles. The quantitative estimate of drug-likeness (QED) is 0.880. The van der Waals surface area contributed by atoms with E-state index < -0.39 is 0 Å². The summed E-state index contributed by atoms with van der Waals surface area (Å²) < 4.78 is 7.98. The van der Waals surface area contributed by atoms with Crippen molar-refractivity contribution in [3.63, 3.8) is 0 Å². The molecule has 1 aliphatic rings. The van der Waals surface area contributed by atoms with Gasteiger partial charge in [0.2, 0.25) is 5.89 Å². The van der Waals surface area contributed by atoms with Gasteiger partial charge < -0.3 is 9.84 Å². The van der Waals surface area contributed by atoms with Crippen molar-refractivity contribution in [2.24, 2.45) is 0 Å². The van der Waals surface area contributed by atoms with E-state index in [4.69, 9.17) is 4.52 Å². The van der Waals surface area contributed by atoms with Crippen LogP contribution in [0.5, 0.6) is 0 Å². The summed E-state index contributed by atoms with van der Waals surface area (Å²) in [6.07, 6.45) is 3.61. The monoisotopic (exact) mass is 362 g/mol. The highest BCUT2D eigenvalue weighted by Gasteiger charge is 2.25. The highest BCUT2D eigenvalue weighted by molar-refractivity contribution is 9.10. The van der Waals surface area contributed by atoms with Gasteiger partial charge in [-0.25, -0.2) is 0 Å². The molecule has 9 heteroatoms. The number of rotatable bonds is 3. The van der Waals surface area contributed by atoms with E-state index in [1.807, 2.05) is 6.20 Å². The van der Waals surface area contributed by atoms with E-state index in [1.165, 1.54) is 0 Å². The van der Waals surface area contributed by atoms with Gasteiger partial charge in [-0.15, -0.1) is 12.4 Å². The van der Waals surface area contributed by atoms with Crippen LogP contribution in [0, 0.1) is 0 Å². The molecule has 1 N–H and O–H groups in total. The maximum Gasteiger partial charge on any atom is 0.248 e. The van der Waals surface area contributed by atoms with Crippen LogP contribution in [0.25, 0.3) is 0 Å². The average molecular weight is 364 g/mol. The number of likely N-dealkylation sites (N-methyl/N-ethyl adjacent to an activating group) is 1. The smallest absolute Gasteiger partial charge is 0.248 e. The summed E-state index contributed by atoms with van der Waals surface area (Å²) in [6, 6.07) is 0.176. The van der Waals surface area contributed by atoms with Gasteiger partial charge in [-0.1, -0.05) is 5.16 Å². The van der Waals surface area contributed by atoms with Crippen LogP contribution in [0.3, 0.4) is 0 Å². The molecule has 3 heterocycles. The summed E-state index contributed by atoms with van der Waals surface area (Å²) in [7, 11) is 2.08. The van der Waals surface area contributed by atoms with E-state index in [2.05, 4.69) is 48.4 Å². The minimum absolute atomic E-state index is 0. The Hall–Kier alpha value is -0.960. The van der Waals surface area contributed by atoms with E-state index in [0.717, 1.165) is 29.9 Å². The summed E-state index contributed by atoms with van der Waals surface area (Å²) in [5.41, 5.74) is 0. The predicted octanol–water partition coefficient (Wildman–Crippen LogP) is 1.07. The minimum Gasteiger partial charge on any atom is -0.337 e. The molecule has 0 radical (unpaired) electrons. The van der Waals surface area contributed by atoms with Crippen molar-refractivity contribution >= 4 is 28.3 Å². The fraction of sp³-hybridized carbons (Fsp3) is 0.545. The summed E-state index contributed by atoms with van der Waals surface area (Å²) in [5, 5.41) is 11.6. The van der Waals surface area contributed by atoms with Crippen LogP contribution < -0.4 is 5.32 Å². The second-order valence-electron chi connectivity index (χ2n) is 4.60. The van der Waals surface area contributed by atoms with E-state index in [1.54, 1.807) is 10.9 Å². The summed E-state index contributed by atoms with van der Waals surface area (Å²) in [5.74, 6) is 1.31. The molecule has 1 unspecified atom stereocenters. The lowest BCUT2D eigenvalue weighted by Gasteiger charge is -2.30. The van der Waals surface area contributed by atoms with Crippen molar-refractivity contribution in [1.82, 2.24) is 30.1 Å². The third-order valence-electron chi connectivity index (χ3n) is 3.19. The van der Waals surface area contributed by atoms with Crippen LogP contribution in [0.4, 0.5) is 0 Å². The zero-order valence-corrected chi connectivity index (χ0v) is 13.4. The Balaban J connectivity index is 0.00000147. The molecule has 2 aromatic rings. The van der Waals surface area contributed by atoms with E-state index in [-0.39, 0.29) is 18.4 Å². The molecule has 3 rings (SSSR count). The second kappa shape index (κ2) is 6.66. The maximum absolute atomic E-state index is 5.29. The number of hydrogen-bond donors (Lipinski definition) is 1. The van der Waals surface area contributed by atoms with E-state index in [0.29, 0.717) is 12.4 Å². The lowest BCUT2D eigenvalue weighted by Crippen LogP contribution is -2.44. The average Bonchev–Trinajstić information content (AvgIpc) is 3.00. The predicted molar refractivity (Wildman–Crippen MR) is 78.8 cm³/mol. The van der Waals surface area contributed by atoms with Gasteiger partial charge in [0.1, 0.15) is 6.54 Å². The SMILES string of the molecule is CN1CCNCC1c1noc(Cn2cc(Br)cn2)n1.Cl. The summed E-state index contributed by atoms with van der Waals surface area (Å²) >= 11 is 3.36. The lowest BCUT2D eigenvalue weighted by atomic mass is 10.2. The zero-order valence-electron chi connectivity index (χ0n) is 11.0. The molecular formula is C11H16BrClN6O. The van der Waals surface area contributed by atoms with Crippen molar-refractivity contribution in [2.75, 3.05) is 26.7 Å². The molecule has 1 saturated heterocycles. The number of aromatic nitrogens is 4. The number of nitrogens with zero attached hydrogens (tertiary/aromatic N) is 5. The highest BCUT2D eigenvalue weighted by atomic mass is 79.9. The van der Waals surface area contributed by atoms with Crippen LogP contribution in [-0.2, 0) is 6.54 Å². The normalized spacial score (nSPS) is 19.8. The molecule has 20 heavy (non-hydrogen) atoms. The summed E-state index contributed by atoms with van der Waals surface area (Å²) in [4.78, 5) is 6.69. The molecule has 1 fully saturated rings. The van der Waals surface area contributed by atoms with Crippen LogP contribution >= 0.6 is 28.3 Å². The van der Waals surface area contributed by atoms with Gasteiger partial charge in [-0.2, -0.15) is 10.1 Å². The summed E-state index contributed by atoms with van der Waals surface area (Å²) in [6.45, 7) is 3.32. The van der Waals surface area contributed by atoms with Crippen molar-refractivity contribution in [3.8, 4) is 0 Å². The first-order chi connectivity index (χ1) is 9.22. The molecule has 0 aromatic carbocycles. The number of nitrogens with one attached hydrogen (secondary N) is 1. The Morgan fingerprint density at radius 3 is 3.10 bits per heavy atom. The first-order valence-electron chi connectivity index (χ1n) is 6.14. The van der Waals surface area contributed by atoms with Gasteiger partial charge in [0.05, 0.1) is 16.7 Å². The lowest BCUT2D eigenvalue weighted by molar-refractivity contribution is 0.190. The Kier molecular flexibility index (Phi) is 5.14. The molecule has 0 aliphatic carbocycles. The van der Waals surface area contributed by atoms with Crippen LogP contribution in [0.15, 0.2) is 21.4 Å². The van der Waals surface area contributed by atoms with Gasteiger partial charge in [0.25, 0.3) is 0 Å². The highest BCUT2D eigenvalue weighted by Crippen LogP contribution is 2.17. The number of halogens is 2. The second-order valence-corrected chi connectivity index (χ2v) is 5.52. The van der Waals surface area contributed by atoms with Crippen LogP contribution in [0.2, 0.25) is 0 Å². The largest absolute Gasteiger partial charge is 0.337 e. The zero-order chi connectivity index (χ0) is 13.2. The Labute approximate surface area is 131 Å². The fourth-order valence-corrected chi connectivity index (χ4v) is 2.45. The standard InChI is InChI=1S/C11H15BrN6O.ClH/c1-17-3-2-13-5-9(17)11-15-10(19-16-11)7-18-6-8(12)4-14-18;/h4,6,9,13H,2-3,5,7H2,1H3;1H. The first kappa shape index (κ1) is 15.4. The minimum atomic E-state index is 0. The van der Waals surface area contributed by atoms with Gasteiger partial charge in [0.15, 0.2) is 5.82 Å². The molecule has 0 spiro atoms. The van der Waals surface area contributed by atoms with Gasteiger partial charge in [-0.3, -0.25) is 9.58 Å². The molecular weight excluding hydrogens is 348 g/mol. The molecule has 2 aromatic heterocycles. The Morgan fingerprint density at radius 2 is 2.40 bits per heavy atom. The molecule has 0 saturated carbocycles. The first-order valence-corrected chi connectivity index (χ1v) is 6.93. The molecule has 1 atom stereocenters. The van der Waals surface area contributed by atoms with Crippen molar-refractivity contribution in [3.05, 3.63) is 28.6 Å². The fourth-order valence-electron chi connectivity index (χ4n) is 2.13. The Bertz CT molecular complexity index is 559. The Morgan fingerprint density at radius 1 is 1.55 bits per heavy atom. The van der Waals surface area contributed by atoms with Crippen LogP contribution in [0.1, 0.15) is 17.8 Å².